The lowest BCUT2D eigenvalue weighted by molar-refractivity contribution is -0.132. The number of methoxy groups -OCH3 is 1. The fraction of sp³-hybridized carbons (Fsp3) is 0.0645. The third kappa shape index (κ3) is 4.56. The molecule has 1 saturated heterocycles. The van der Waals surface area contributed by atoms with E-state index >= 15 is 0 Å². The number of ketones is 1. The summed E-state index contributed by atoms with van der Waals surface area (Å²) in [6.45, 7) is 0. The van der Waals surface area contributed by atoms with Crippen LogP contribution in [0, 0.1) is 5.82 Å². The Balaban J connectivity index is 1.53. The number of anilines is 1. The van der Waals surface area contributed by atoms with Crippen molar-refractivity contribution in [1.82, 2.24) is 4.98 Å². The molecule has 1 aliphatic heterocycles. The minimum Gasteiger partial charge on any atom is -0.507 e. The van der Waals surface area contributed by atoms with Gasteiger partial charge in [-0.3, -0.25) is 14.5 Å². The molecule has 5 aromatic rings. The van der Waals surface area contributed by atoms with Gasteiger partial charge in [-0.05, 0) is 60.2 Å². The molecule has 6 rings (SSSR count). The van der Waals surface area contributed by atoms with E-state index in [-0.39, 0.29) is 16.5 Å². The molecule has 1 atom stereocenters. The molecule has 1 unspecified atom stereocenters. The summed E-state index contributed by atoms with van der Waals surface area (Å²) in [6.07, 6.45) is 0. The van der Waals surface area contributed by atoms with Crippen molar-refractivity contribution < 1.29 is 28.6 Å². The van der Waals surface area contributed by atoms with Crippen LogP contribution in [0.2, 0.25) is 0 Å². The second-order valence-electron chi connectivity index (χ2n) is 9.00. The van der Waals surface area contributed by atoms with Gasteiger partial charge in [0.05, 0.1) is 28.9 Å². The molecule has 9 heteroatoms. The summed E-state index contributed by atoms with van der Waals surface area (Å²) in [7, 11) is 1.49. The molecule has 1 aliphatic rings. The zero-order valence-electron chi connectivity index (χ0n) is 21.1. The molecule has 0 radical (unpaired) electrons. The molecule has 1 aromatic heterocycles. The highest BCUT2D eigenvalue weighted by molar-refractivity contribution is 7.22. The van der Waals surface area contributed by atoms with Gasteiger partial charge in [0.2, 0.25) is 0 Å². The third-order valence-corrected chi connectivity index (χ3v) is 7.50. The van der Waals surface area contributed by atoms with Gasteiger partial charge in [0, 0.05) is 5.56 Å². The predicted molar refractivity (Wildman–Crippen MR) is 150 cm³/mol. The minimum atomic E-state index is -1.03. The van der Waals surface area contributed by atoms with E-state index in [1.807, 2.05) is 30.3 Å². The van der Waals surface area contributed by atoms with Crippen molar-refractivity contribution in [3.63, 3.8) is 0 Å². The molecular weight excluding hydrogens is 531 g/mol. The summed E-state index contributed by atoms with van der Waals surface area (Å²) in [4.78, 5) is 32.9. The van der Waals surface area contributed by atoms with Crippen LogP contribution in [0.25, 0.3) is 16.0 Å². The maximum atomic E-state index is 13.9. The van der Waals surface area contributed by atoms with Gasteiger partial charge in [-0.1, -0.05) is 53.8 Å². The summed E-state index contributed by atoms with van der Waals surface area (Å²) in [5.41, 5.74) is 1.20. The highest BCUT2D eigenvalue weighted by Crippen LogP contribution is 2.45. The molecule has 0 spiro atoms. The number of hydrogen-bond donors (Lipinski definition) is 1. The Morgan fingerprint density at radius 1 is 0.900 bits per heavy atom. The zero-order valence-corrected chi connectivity index (χ0v) is 21.9. The Bertz CT molecular complexity index is 1800. The molecule has 4 aromatic carbocycles. The summed E-state index contributed by atoms with van der Waals surface area (Å²) in [6, 6.07) is 25.8. The van der Waals surface area contributed by atoms with Gasteiger partial charge in [-0.25, -0.2) is 9.37 Å². The number of halogens is 1. The summed E-state index contributed by atoms with van der Waals surface area (Å²) >= 11 is 1.08. The van der Waals surface area contributed by atoms with Crippen molar-refractivity contribution in [3.8, 4) is 17.2 Å². The van der Waals surface area contributed by atoms with Crippen molar-refractivity contribution >= 4 is 44.1 Å². The molecule has 1 fully saturated rings. The Hall–Kier alpha value is -5.02. The Kier molecular flexibility index (Phi) is 6.49. The predicted octanol–water partition coefficient (Wildman–Crippen LogP) is 6.86. The molecule has 1 N–H and O–H groups in total. The highest BCUT2D eigenvalue weighted by Gasteiger charge is 2.48. The Morgan fingerprint density at radius 2 is 1.65 bits per heavy atom. The molecule has 0 bridgehead atoms. The maximum Gasteiger partial charge on any atom is 0.301 e. The number of carbonyl (C=O) groups is 2. The number of rotatable bonds is 6. The standard InChI is InChI=1S/C31H21FN2O5S/c1-38-22-11-6-8-19(16-22)28(35)26-27(18-7-5-12-23(15-18)39-21-9-3-2-4-10-21)34(30(37)29(26)36)31-33-24-14-13-20(32)17-25(24)40-31/h2-17,27,35H,1H3. The van der Waals surface area contributed by atoms with Crippen molar-refractivity contribution in [2.24, 2.45) is 0 Å². The zero-order chi connectivity index (χ0) is 27.8. The van der Waals surface area contributed by atoms with Gasteiger partial charge in [-0.2, -0.15) is 0 Å². The topological polar surface area (TPSA) is 89.0 Å². The van der Waals surface area contributed by atoms with Crippen LogP contribution in [0.15, 0.2) is 103 Å². The van der Waals surface area contributed by atoms with Crippen LogP contribution in [0.4, 0.5) is 9.52 Å². The van der Waals surface area contributed by atoms with E-state index in [1.54, 1.807) is 48.5 Å². The smallest absolute Gasteiger partial charge is 0.301 e. The van der Waals surface area contributed by atoms with E-state index in [0.29, 0.717) is 38.6 Å². The number of aromatic nitrogens is 1. The van der Waals surface area contributed by atoms with E-state index in [0.717, 1.165) is 11.3 Å². The number of aliphatic hydroxyl groups is 1. The van der Waals surface area contributed by atoms with E-state index in [1.165, 1.54) is 30.2 Å². The highest BCUT2D eigenvalue weighted by atomic mass is 32.1. The van der Waals surface area contributed by atoms with E-state index in [2.05, 4.69) is 4.98 Å². The van der Waals surface area contributed by atoms with Crippen LogP contribution >= 0.6 is 11.3 Å². The fourth-order valence-corrected chi connectivity index (χ4v) is 5.65. The largest absolute Gasteiger partial charge is 0.507 e. The van der Waals surface area contributed by atoms with Gasteiger partial charge >= 0.3 is 5.91 Å². The molecule has 198 valence electrons. The van der Waals surface area contributed by atoms with Crippen molar-refractivity contribution in [1.29, 1.82) is 0 Å². The van der Waals surface area contributed by atoms with Gasteiger partial charge in [0.25, 0.3) is 5.78 Å². The lowest BCUT2D eigenvalue weighted by Crippen LogP contribution is -2.29. The van der Waals surface area contributed by atoms with E-state index < -0.39 is 23.5 Å². The quantitative estimate of drug-likeness (QED) is 0.141. The maximum absolute atomic E-state index is 13.9. The molecule has 40 heavy (non-hydrogen) atoms. The second-order valence-corrected chi connectivity index (χ2v) is 10.0. The number of fused-ring (bicyclic) bond motifs is 1. The van der Waals surface area contributed by atoms with Gasteiger partial charge < -0.3 is 14.6 Å². The molecule has 0 aliphatic carbocycles. The van der Waals surface area contributed by atoms with Gasteiger partial charge in [0.1, 0.15) is 28.8 Å². The van der Waals surface area contributed by atoms with Crippen LogP contribution in [-0.4, -0.2) is 28.9 Å². The number of thiazole rings is 1. The number of carbonyl (C=O) groups excluding carboxylic acids is 2. The average Bonchev–Trinajstić information content (AvgIpc) is 3.50. The second kappa shape index (κ2) is 10.3. The number of aliphatic hydroxyl groups excluding tert-OH is 1. The van der Waals surface area contributed by atoms with Crippen molar-refractivity contribution in [2.75, 3.05) is 12.0 Å². The van der Waals surface area contributed by atoms with Gasteiger partial charge in [0.15, 0.2) is 5.13 Å². The van der Waals surface area contributed by atoms with Gasteiger partial charge in [-0.15, -0.1) is 0 Å². The fourth-order valence-electron chi connectivity index (χ4n) is 4.63. The molecule has 7 nitrogen and oxygen atoms in total. The Labute approximate surface area is 232 Å². The lowest BCUT2D eigenvalue weighted by Gasteiger charge is -2.23. The lowest BCUT2D eigenvalue weighted by atomic mass is 9.95. The normalized spacial score (nSPS) is 16.4. The van der Waals surface area contributed by atoms with Crippen molar-refractivity contribution in [3.05, 3.63) is 120 Å². The molecule has 1 amide bonds. The van der Waals surface area contributed by atoms with E-state index in [9.17, 15) is 19.1 Å². The number of benzene rings is 4. The van der Waals surface area contributed by atoms with Crippen LogP contribution in [0.3, 0.4) is 0 Å². The summed E-state index contributed by atoms with van der Waals surface area (Å²) in [5.74, 6) is -0.966. The van der Waals surface area contributed by atoms with Crippen LogP contribution in [0.1, 0.15) is 17.2 Å². The number of ether oxygens (including phenoxy) is 2. The first-order valence-corrected chi connectivity index (χ1v) is 13.1. The minimum absolute atomic E-state index is 0.111. The number of para-hydroxylation sites is 1. The monoisotopic (exact) mass is 552 g/mol. The van der Waals surface area contributed by atoms with E-state index in [4.69, 9.17) is 9.47 Å². The first-order valence-electron chi connectivity index (χ1n) is 12.3. The molecular formula is C31H21FN2O5S. The molecule has 0 saturated carbocycles. The first kappa shape index (κ1) is 25.3. The molecule has 2 heterocycles. The number of nitrogens with zero attached hydrogens (tertiary/aromatic N) is 2. The average molecular weight is 553 g/mol. The van der Waals surface area contributed by atoms with Crippen LogP contribution < -0.4 is 14.4 Å². The summed E-state index contributed by atoms with van der Waals surface area (Å²) in [5, 5.41) is 11.6. The van der Waals surface area contributed by atoms with Crippen LogP contribution in [0.5, 0.6) is 17.2 Å². The van der Waals surface area contributed by atoms with Crippen molar-refractivity contribution in [2.45, 2.75) is 6.04 Å². The SMILES string of the molecule is COc1cccc(C(O)=C2C(=O)C(=O)N(c3nc4ccc(F)cc4s3)C2c2cccc(Oc3ccccc3)c2)c1. The third-order valence-electron chi connectivity index (χ3n) is 6.49. The number of hydrogen-bond acceptors (Lipinski definition) is 7. The number of Topliss-reactive ketones (excluding diaryl/α,β-unsaturated/α-hetero) is 1. The van der Waals surface area contributed by atoms with Crippen LogP contribution in [-0.2, 0) is 9.59 Å². The summed E-state index contributed by atoms with van der Waals surface area (Å²) < 4.78 is 25.7. The number of amides is 1. The first-order chi connectivity index (χ1) is 19.4. The Morgan fingerprint density at radius 3 is 2.45 bits per heavy atom.